The molecule has 1 N–H and O–H groups in total. The molecule has 2 aromatic rings. The molecule has 1 fully saturated rings. The molecular weight excluding hydrogens is 263 g/mol. The highest BCUT2D eigenvalue weighted by atomic mass is 19.1. The predicted octanol–water partition coefficient (Wildman–Crippen LogP) is 1.90. The van der Waals surface area contributed by atoms with Gasteiger partial charge in [0.1, 0.15) is 0 Å². The summed E-state index contributed by atoms with van der Waals surface area (Å²) in [5, 5.41) is 9.68. The first-order chi connectivity index (χ1) is 9.60. The fourth-order valence-corrected chi connectivity index (χ4v) is 2.40. The highest BCUT2D eigenvalue weighted by Crippen LogP contribution is 2.34. The van der Waals surface area contributed by atoms with Gasteiger partial charge in [-0.2, -0.15) is 0 Å². The van der Waals surface area contributed by atoms with Crippen LogP contribution in [0.4, 0.5) is 10.1 Å². The Morgan fingerprint density at radius 2 is 2.25 bits per heavy atom. The Bertz CT molecular complexity index is 683. The van der Waals surface area contributed by atoms with Crippen molar-refractivity contribution in [2.45, 2.75) is 0 Å². The molecule has 5 nitrogen and oxygen atoms in total. The molecule has 1 aliphatic heterocycles. The highest BCUT2D eigenvalue weighted by molar-refractivity contribution is 5.93. The minimum Gasteiger partial charge on any atom is -0.494 e. The molecule has 0 bridgehead atoms. The summed E-state index contributed by atoms with van der Waals surface area (Å²) in [4.78, 5) is 16.9. The lowest BCUT2D eigenvalue weighted by atomic mass is 9.98. The summed E-state index contributed by atoms with van der Waals surface area (Å²) in [6.07, 6.45) is 1.59. The number of methoxy groups -OCH3 is 1. The van der Waals surface area contributed by atoms with Crippen LogP contribution in [-0.4, -0.2) is 36.3 Å². The van der Waals surface area contributed by atoms with Gasteiger partial charge >= 0.3 is 5.97 Å². The Morgan fingerprint density at radius 1 is 1.50 bits per heavy atom. The zero-order chi connectivity index (χ0) is 14.3. The lowest BCUT2D eigenvalue weighted by Crippen LogP contribution is -2.50. The van der Waals surface area contributed by atoms with E-state index < -0.39 is 11.8 Å². The first kappa shape index (κ1) is 12.7. The standard InChI is InChI=1S/C14H13FN2O3/c1-20-13-4-9-11(5-10(13)15)16-3-2-12(9)17-6-8(7-17)14(18)19/h2-5,8H,6-7H2,1H3,(H,18,19). The molecule has 104 valence electrons. The minimum atomic E-state index is -0.789. The zero-order valence-electron chi connectivity index (χ0n) is 10.8. The van der Waals surface area contributed by atoms with E-state index >= 15 is 0 Å². The average Bonchev–Trinajstić information content (AvgIpc) is 2.35. The highest BCUT2D eigenvalue weighted by Gasteiger charge is 2.33. The molecule has 20 heavy (non-hydrogen) atoms. The molecule has 0 radical (unpaired) electrons. The number of fused-ring (bicyclic) bond motifs is 1. The van der Waals surface area contributed by atoms with Gasteiger partial charge in [-0.3, -0.25) is 9.78 Å². The van der Waals surface area contributed by atoms with Crippen molar-refractivity contribution in [2.24, 2.45) is 5.92 Å². The molecule has 1 saturated heterocycles. The smallest absolute Gasteiger partial charge is 0.310 e. The van der Waals surface area contributed by atoms with E-state index in [4.69, 9.17) is 9.84 Å². The molecule has 1 aliphatic rings. The number of rotatable bonds is 3. The quantitative estimate of drug-likeness (QED) is 0.927. The number of ether oxygens (including phenoxy) is 1. The third-order valence-corrected chi connectivity index (χ3v) is 3.56. The molecule has 3 rings (SSSR count). The van der Waals surface area contributed by atoms with Crippen LogP contribution in [0.5, 0.6) is 5.75 Å². The van der Waals surface area contributed by atoms with Crippen LogP contribution in [0.1, 0.15) is 0 Å². The van der Waals surface area contributed by atoms with Crippen molar-refractivity contribution in [3.63, 3.8) is 0 Å². The van der Waals surface area contributed by atoms with E-state index in [9.17, 15) is 9.18 Å². The Hall–Kier alpha value is -2.37. The summed E-state index contributed by atoms with van der Waals surface area (Å²) in [6, 6.07) is 4.73. The largest absolute Gasteiger partial charge is 0.494 e. The number of nitrogens with zero attached hydrogens (tertiary/aromatic N) is 2. The lowest BCUT2D eigenvalue weighted by Gasteiger charge is -2.39. The maximum Gasteiger partial charge on any atom is 0.310 e. The SMILES string of the molecule is COc1cc2c(N3CC(C(=O)O)C3)ccnc2cc1F. The third kappa shape index (κ3) is 1.93. The number of pyridine rings is 1. The van der Waals surface area contributed by atoms with Crippen molar-refractivity contribution >= 4 is 22.6 Å². The molecule has 0 spiro atoms. The summed E-state index contributed by atoms with van der Waals surface area (Å²) in [5.74, 6) is -1.44. The predicted molar refractivity (Wildman–Crippen MR) is 71.6 cm³/mol. The molecule has 6 heteroatoms. The third-order valence-electron chi connectivity index (χ3n) is 3.56. The second kappa shape index (κ2) is 4.63. The van der Waals surface area contributed by atoms with Crippen molar-refractivity contribution in [1.82, 2.24) is 4.98 Å². The van der Waals surface area contributed by atoms with E-state index in [0.717, 1.165) is 11.1 Å². The van der Waals surface area contributed by atoms with E-state index in [1.54, 1.807) is 18.3 Å². The van der Waals surface area contributed by atoms with Gasteiger partial charge < -0.3 is 14.7 Å². The van der Waals surface area contributed by atoms with Crippen LogP contribution in [0.25, 0.3) is 10.9 Å². The van der Waals surface area contributed by atoms with Gasteiger partial charge in [0.2, 0.25) is 0 Å². The molecule has 0 amide bonds. The van der Waals surface area contributed by atoms with Gasteiger partial charge in [0.15, 0.2) is 11.6 Å². The van der Waals surface area contributed by atoms with Gasteiger partial charge in [-0.1, -0.05) is 0 Å². The molecule has 2 heterocycles. The first-order valence-electron chi connectivity index (χ1n) is 6.20. The van der Waals surface area contributed by atoms with Gasteiger partial charge in [-0.25, -0.2) is 4.39 Å². The number of aromatic nitrogens is 1. The summed E-state index contributed by atoms with van der Waals surface area (Å²) < 4.78 is 18.6. The van der Waals surface area contributed by atoms with Crippen molar-refractivity contribution < 1.29 is 19.0 Å². The number of halogens is 1. The Morgan fingerprint density at radius 3 is 2.90 bits per heavy atom. The number of carboxylic acid groups (broad SMARTS) is 1. The van der Waals surface area contributed by atoms with Crippen molar-refractivity contribution in [3.05, 3.63) is 30.2 Å². The van der Waals surface area contributed by atoms with E-state index in [0.29, 0.717) is 18.6 Å². The number of carbonyl (C=O) groups is 1. The second-order valence-corrected chi connectivity index (χ2v) is 4.77. The lowest BCUT2D eigenvalue weighted by molar-refractivity contribution is -0.142. The number of benzene rings is 1. The number of anilines is 1. The van der Waals surface area contributed by atoms with Crippen LogP contribution in [0.15, 0.2) is 24.4 Å². The zero-order valence-corrected chi connectivity index (χ0v) is 10.8. The van der Waals surface area contributed by atoms with E-state index in [1.165, 1.54) is 13.2 Å². The average molecular weight is 276 g/mol. The van der Waals surface area contributed by atoms with Crippen LogP contribution in [0, 0.1) is 11.7 Å². The monoisotopic (exact) mass is 276 g/mol. The van der Waals surface area contributed by atoms with Gasteiger partial charge in [-0.05, 0) is 12.1 Å². The number of carboxylic acids is 1. The fourth-order valence-electron chi connectivity index (χ4n) is 2.40. The normalized spacial score (nSPS) is 15.2. The van der Waals surface area contributed by atoms with Gasteiger partial charge in [0, 0.05) is 36.4 Å². The van der Waals surface area contributed by atoms with Crippen LogP contribution < -0.4 is 9.64 Å². The van der Waals surface area contributed by atoms with Crippen LogP contribution in [0.2, 0.25) is 0 Å². The van der Waals surface area contributed by atoms with Gasteiger partial charge in [-0.15, -0.1) is 0 Å². The number of hydrogen-bond donors (Lipinski definition) is 1. The molecule has 0 aliphatic carbocycles. The van der Waals surface area contributed by atoms with Crippen molar-refractivity contribution in [1.29, 1.82) is 0 Å². The van der Waals surface area contributed by atoms with Crippen LogP contribution in [-0.2, 0) is 4.79 Å². The molecule has 1 aromatic carbocycles. The molecular formula is C14H13FN2O3. The Kier molecular flexibility index (Phi) is 2.93. The molecule has 1 aromatic heterocycles. The summed E-state index contributed by atoms with van der Waals surface area (Å²) in [6.45, 7) is 0.905. The van der Waals surface area contributed by atoms with Crippen molar-refractivity contribution in [3.8, 4) is 5.75 Å². The topological polar surface area (TPSA) is 62.7 Å². The number of hydrogen-bond acceptors (Lipinski definition) is 4. The van der Waals surface area contributed by atoms with E-state index in [1.807, 2.05) is 4.90 Å². The minimum absolute atomic E-state index is 0.155. The van der Waals surface area contributed by atoms with Gasteiger partial charge in [0.25, 0.3) is 0 Å². The maximum absolute atomic E-state index is 13.7. The van der Waals surface area contributed by atoms with Crippen molar-refractivity contribution in [2.75, 3.05) is 25.1 Å². The first-order valence-corrected chi connectivity index (χ1v) is 6.20. The molecule has 0 atom stereocenters. The summed E-state index contributed by atoms with van der Waals surface area (Å²) in [5.41, 5.74) is 1.38. The van der Waals surface area contributed by atoms with E-state index in [-0.39, 0.29) is 11.7 Å². The van der Waals surface area contributed by atoms with Crippen LogP contribution >= 0.6 is 0 Å². The van der Waals surface area contributed by atoms with Crippen LogP contribution in [0.3, 0.4) is 0 Å². The second-order valence-electron chi connectivity index (χ2n) is 4.77. The summed E-state index contributed by atoms with van der Waals surface area (Å²) >= 11 is 0. The van der Waals surface area contributed by atoms with Gasteiger partial charge in [0.05, 0.1) is 18.5 Å². The Labute approximate surface area is 114 Å². The fraction of sp³-hybridized carbons (Fsp3) is 0.286. The summed E-state index contributed by atoms with van der Waals surface area (Å²) in [7, 11) is 1.41. The maximum atomic E-state index is 13.7. The molecule has 0 saturated carbocycles. The number of aliphatic carboxylic acids is 1. The molecule has 0 unspecified atom stereocenters. The Balaban J connectivity index is 2.01. The van der Waals surface area contributed by atoms with E-state index in [2.05, 4.69) is 4.98 Å².